The summed E-state index contributed by atoms with van der Waals surface area (Å²) in [5.41, 5.74) is 0.225. The van der Waals surface area contributed by atoms with Crippen LogP contribution in [-0.2, 0) is 10.0 Å². The van der Waals surface area contributed by atoms with Gasteiger partial charge in [-0.15, -0.1) is 0 Å². The molecule has 1 fully saturated rings. The standard InChI is InChI=1S/C15H22ClN3O3S/c1-11(2)17-23(21,22)12-4-5-14(16)13(10-12)15(20)19-8-6-18(3)7-9-19/h4-5,10-11,17H,6-9H2,1-3H3. The van der Waals surface area contributed by atoms with Gasteiger partial charge in [0.15, 0.2) is 0 Å². The van der Waals surface area contributed by atoms with Gasteiger partial charge in [0.25, 0.3) is 5.91 Å². The van der Waals surface area contributed by atoms with Gasteiger partial charge in [-0.2, -0.15) is 0 Å². The van der Waals surface area contributed by atoms with Crippen molar-refractivity contribution >= 4 is 27.5 Å². The smallest absolute Gasteiger partial charge is 0.255 e. The highest BCUT2D eigenvalue weighted by Gasteiger charge is 2.24. The molecule has 1 aliphatic rings. The van der Waals surface area contributed by atoms with Gasteiger partial charge in [0, 0.05) is 32.2 Å². The summed E-state index contributed by atoms with van der Waals surface area (Å²) in [4.78, 5) is 16.5. The second-order valence-corrected chi connectivity index (χ2v) is 8.13. The number of nitrogens with one attached hydrogen (secondary N) is 1. The minimum atomic E-state index is -3.66. The first-order valence-corrected chi connectivity index (χ1v) is 9.36. The number of piperazine rings is 1. The molecule has 1 aliphatic heterocycles. The van der Waals surface area contributed by atoms with Crippen LogP contribution in [0.25, 0.3) is 0 Å². The minimum absolute atomic E-state index is 0.0491. The Morgan fingerprint density at radius 1 is 1.22 bits per heavy atom. The second-order valence-electron chi connectivity index (χ2n) is 6.01. The van der Waals surface area contributed by atoms with Crippen molar-refractivity contribution in [3.05, 3.63) is 28.8 Å². The summed E-state index contributed by atoms with van der Waals surface area (Å²) >= 11 is 6.12. The average Bonchev–Trinajstić information content (AvgIpc) is 2.46. The largest absolute Gasteiger partial charge is 0.336 e. The van der Waals surface area contributed by atoms with E-state index in [1.807, 2.05) is 7.05 Å². The third-order valence-corrected chi connectivity index (χ3v) is 5.65. The SMILES string of the molecule is CC(C)NS(=O)(=O)c1ccc(Cl)c(C(=O)N2CCN(C)CC2)c1. The number of amides is 1. The lowest BCUT2D eigenvalue weighted by Crippen LogP contribution is -2.47. The molecule has 1 saturated heterocycles. The Bertz CT molecular complexity index is 683. The molecule has 0 atom stereocenters. The topological polar surface area (TPSA) is 69.7 Å². The average molecular weight is 360 g/mol. The number of hydrogen-bond acceptors (Lipinski definition) is 4. The molecule has 0 unspecified atom stereocenters. The van der Waals surface area contributed by atoms with E-state index in [4.69, 9.17) is 11.6 Å². The number of likely N-dealkylation sites (N-methyl/N-ethyl adjacent to an activating group) is 1. The van der Waals surface area contributed by atoms with Crippen LogP contribution in [0.1, 0.15) is 24.2 Å². The lowest BCUT2D eigenvalue weighted by Gasteiger charge is -2.32. The normalized spacial score (nSPS) is 16.8. The predicted octanol–water partition coefficient (Wildman–Crippen LogP) is 1.41. The molecule has 8 heteroatoms. The van der Waals surface area contributed by atoms with Crippen LogP contribution in [0.2, 0.25) is 5.02 Å². The van der Waals surface area contributed by atoms with Crippen molar-refractivity contribution in [1.82, 2.24) is 14.5 Å². The van der Waals surface area contributed by atoms with Gasteiger partial charge in [-0.25, -0.2) is 13.1 Å². The number of halogens is 1. The molecular weight excluding hydrogens is 338 g/mol. The Morgan fingerprint density at radius 3 is 2.39 bits per heavy atom. The van der Waals surface area contributed by atoms with E-state index < -0.39 is 10.0 Å². The summed E-state index contributed by atoms with van der Waals surface area (Å²) in [6.45, 7) is 6.26. The lowest BCUT2D eigenvalue weighted by molar-refractivity contribution is 0.0664. The molecule has 1 aromatic rings. The second kappa shape index (κ2) is 7.17. The van der Waals surface area contributed by atoms with Crippen molar-refractivity contribution in [2.24, 2.45) is 0 Å². The van der Waals surface area contributed by atoms with E-state index in [2.05, 4.69) is 9.62 Å². The van der Waals surface area contributed by atoms with Gasteiger partial charge in [0.2, 0.25) is 10.0 Å². The highest BCUT2D eigenvalue weighted by molar-refractivity contribution is 7.89. The fourth-order valence-electron chi connectivity index (χ4n) is 2.39. The zero-order valence-electron chi connectivity index (χ0n) is 13.5. The Balaban J connectivity index is 2.29. The molecule has 23 heavy (non-hydrogen) atoms. The van der Waals surface area contributed by atoms with Crippen molar-refractivity contribution in [3.8, 4) is 0 Å². The van der Waals surface area contributed by atoms with Crippen molar-refractivity contribution in [2.75, 3.05) is 33.2 Å². The molecule has 0 aliphatic carbocycles. The summed E-state index contributed by atoms with van der Waals surface area (Å²) in [5.74, 6) is -0.232. The zero-order chi connectivity index (χ0) is 17.2. The first-order valence-electron chi connectivity index (χ1n) is 7.50. The Hall–Kier alpha value is -1.15. The summed E-state index contributed by atoms with van der Waals surface area (Å²) in [6, 6.07) is 3.99. The number of hydrogen-bond donors (Lipinski definition) is 1. The van der Waals surface area contributed by atoms with Crippen LogP contribution >= 0.6 is 11.6 Å². The number of carbonyl (C=O) groups excluding carboxylic acids is 1. The first-order chi connectivity index (χ1) is 10.7. The molecule has 0 radical (unpaired) electrons. The Labute approximate surface area is 142 Å². The zero-order valence-corrected chi connectivity index (χ0v) is 15.1. The van der Waals surface area contributed by atoms with E-state index in [-0.39, 0.29) is 27.4 Å². The van der Waals surface area contributed by atoms with E-state index in [1.54, 1.807) is 18.7 Å². The molecule has 6 nitrogen and oxygen atoms in total. The van der Waals surface area contributed by atoms with Crippen LogP contribution in [0.3, 0.4) is 0 Å². The van der Waals surface area contributed by atoms with E-state index in [9.17, 15) is 13.2 Å². The molecule has 1 amide bonds. The van der Waals surface area contributed by atoms with E-state index in [0.717, 1.165) is 13.1 Å². The number of sulfonamides is 1. The van der Waals surface area contributed by atoms with Gasteiger partial charge in [-0.3, -0.25) is 4.79 Å². The van der Waals surface area contributed by atoms with Gasteiger partial charge < -0.3 is 9.80 Å². The summed E-state index contributed by atoms with van der Waals surface area (Å²) in [5, 5.41) is 0.262. The maximum atomic E-state index is 12.6. The number of nitrogens with zero attached hydrogens (tertiary/aromatic N) is 2. The summed E-state index contributed by atoms with van der Waals surface area (Å²) in [6.07, 6.45) is 0. The molecule has 1 heterocycles. The molecule has 128 valence electrons. The molecule has 2 rings (SSSR count). The monoisotopic (exact) mass is 359 g/mol. The van der Waals surface area contributed by atoms with Gasteiger partial charge >= 0.3 is 0 Å². The van der Waals surface area contributed by atoms with Crippen LogP contribution in [0.15, 0.2) is 23.1 Å². The molecule has 1 N–H and O–H groups in total. The third kappa shape index (κ3) is 4.44. The number of benzene rings is 1. The van der Waals surface area contributed by atoms with Crippen LogP contribution < -0.4 is 4.72 Å². The van der Waals surface area contributed by atoms with Gasteiger partial charge in [0.05, 0.1) is 15.5 Å². The molecule has 0 spiro atoms. The lowest BCUT2D eigenvalue weighted by atomic mass is 10.2. The fraction of sp³-hybridized carbons (Fsp3) is 0.533. The van der Waals surface area contributed by atoms with Crippen molar-refractivity contribution in [3.63, 3.8) is 0 Å². The van der Waals surface area contributed by atoms with E-state index >= 15 is 0 Å². The molecule has 0 bridgehead atoms. The van der Waals surface area contributed by atoms with Gasteiger partial charge in [-0.1, -0.05) is 11.6 Å². The van der Waals surface area contributed by atoms with Crippen molar-refractivity contribution in [2.45, 2.75) is 24.8 Å². The third-order valence-electron chi connectivity index (χ3n) is 3.66. The van der Waals surface area contributed by atoms with E-state index in [1.165, 1.54) is 18.2 Å². The van der Waals surface area contributed by atoms with Gasteiger partial charge in [-0.05, 0) is 39.1 Å². The van der Waals surface area contributed by atoms with E-state index in [0.29, 0.717) is 13.1 Å². The summed E-state index contributed by atoms with van der Waals surface area (Å²) < 4.78 is 27.0. The maximum Gasteiger partial charge on any atom is 0.255 e. The number of carbonyl (C=O) groups is 1. The highest BCUT2D eigenvalue weighted by atomic mass is 35.5. The molecular formula is C15H22ClN3O3S. The molecule has 1 aromatic carbocycles. The predicted molar refractivity (Wildman–Crippen MR) is 90.3 cm³/mol. The minimum Gasteiger partial charge on any atom is -0.336 e. The maximum absolute atomic E-state index is 12.6. The van der Waals surface area contributed by atoms with Crippen molar-refractivity contribution in [1.29, 1.82) is 0 Å². The number of rotatable bonds is 4. The first kappa shape index (κ1) is 18.2. The van der Waals surface area contributed by atoms with Crippen molar-refractivity contribution < 1.29 is 13.2 Å². The quantitative estimate of drug-likeness (QED) is 0.882. The fourth-order valence-corrected chi connectivity index (χ4v) is 3.87. The summed E-state index contributed by atoms with van der Waals surface area (Å²) in [7, 11) is -1.66. The van der Waals surface area contributed by atoms with Gasteiger partial charge in [0.1, 0.15) is 0 Å². The molecule has 0 aromatic heterocycles. The van der Waals surface area contributed by atoms with Crippen LogP contribution in [-0.4, -0.2) is 63.4 Å². The van der Waals surface area contributed by atoms with Crippen LogP contribution in [0, 0.1) is 0 Å². The molecule has 0 saturated carbocycles. The Kier molecular flexibility index (Phi) is 5.67. The van der Waals surface area contributed by atoms with Crippen LogP contribution in [0.4, 0.5) is 0 Å². The highest BCUT2D eigenvalue weighted by Crippen LogP contribution is 2.22. The van der Waals surface area contributed by atoms with Crippen LogP contribution in [0.5, 0.6) is 0 Å². The Morgan fingerprint density at radius 2 is 1.83 bits per heavy atom.